The Morgan fingerprint density at radius 3 is 2.76 bits per heavy atom. The molecule has 21 heavy (non-hydrogen) atoms. The number of hydrogen-bond acceptors (Lipinski definition) is 4. The van der Waals surface area contributed by atoms with Crippen molar-refractivity contribution in [3.8, 4) is 11.5 Å². The van der Waals surface area contributed by atoms with E-state index in [1.54, 1.807) is 14.2 Å². The van der Waals surface area contributed by atoms with E-state index in [0.29, 0.717) is 6.04 Å². The molecule has 112 valence electrons. The SMILES string of the molecule is COc1cc2c(cc1OC)[C@@]13C=C[C@@H](O)CC1N(CC3)C2. The van der Waals surface area contributed by atoms with Gasteiger partial charge in [0.15, 0.2) is 11.5 Å². The van der Waals surface area contributed by atoms with Crippen molar-refractivity contribution in [2.75, 3.05) is 20.8 Å². The van der Waals surface area contributed by atoms with Gasteiger partial charge < -0.3 is 14.6 Å². The molecule has 1 aromatic rings. The number of aliphatic hydroxyl groups is 1. The first-order valence-corrected chi connectivity index (χ1v) is 7.55. The number of hydrogen-bond donors (Lipinski definition) is 1. The average Bonchev–Trinajstić information content (AvgIpc) is 2.78. The number of benzene rings is 1. The van der Waals surface area contributed by atoms with Gasteiger partial charge in [-0.3, -0.25) is 4.90 Å². The molecule has 1 aromatic carbocycles. The van der Waals surface area contributed by atoms with Crippen LogP contribution in [0.25, 0.3) is 0 Å². The van der Waals surface area contributed by atoms with Crippen LogP contribution >= 0.6 is 0 Å². The maximum atomic E-state index is 9.98. The summed E-state index contributed by atoms with van der Waals surface area (Å²) in [4.78, 5) is 2.50. The Balaban J connectivity index is 1.91. The molecule has 4 heteroatoms. The Morgan fingerprint density at radius 2 is 2.00 bits per heavy atom. The summed E-state index contributed by atoms with van der Waals surface area (Å²) in [5.41, 5.74) is 2.70. The summed E-state index contributed by atoms with van der Waals surface area (Å²) in [6, 6.07) is 4.66. The van der Waals surface area contributed by atoms with Crippen LogP contribution in [0, 0.1) is 0 Å². The first-order chi connectivity index (χ1) is 10.2. The number of nitrogens with zero attached hydrogens (tertiary/aromatic N) is 1. The Hall–Kier alpha value is -1.52. The van der Waals surface area contributed by atoms with E-state index in [1.165, 1.54) is 11.1 Å². The summed E-state index contributed by atoms with van der Waals surface area (Å²) < 4.78 is 10.9. The zero-order chi connectivity index (χ0) is 14.6. The van der Waals surface area contributed by atoms with Crippen LogP contribution in [0.5, 0.6) is 11.5 Å². The fourth-order valence-corrected chi connectivity index (χ4v) is 4.42. The number of aliphatic hydroxyl groups excluding tert-OH is 1. The fourth-order valence-electron chi connectivity index (χ4n) is 4.42. The largest absolute Gasteiger partial charge is 0.493 e. The van der Waals surface area contributed by atoms with E-state index in [4.69, 9.17) is 9.47 Å². The number of ether oxygens (including phenoxy) is 2. The summed E-state index contributed by atoms with van der Waals surface area (Å²) in [7, 11) is 3.36. The number of rotatable bonds is 2. The highest BCUT2D eigenvalue weighted by Gasteiger charge is 2.52. The Morgan fingerprint density at radius 1 is 1.24 bits per heavy atom. The summed E-state index contributed by atoms with van der Waals surface area (Å²) in [5, 5.41) is 9.98. The maximum absolute atomic E-state index is 9.98. The molecule has 1 aliphatic carbocycles. The van der Waals surface area contributed by atoms with Crippen LogP contribution in [0.4, 0.5) is 0 Å². The van der Waals surface area contributed by atoms with Crippen molar-refractivity contribution >= 4 is 0 Å². The lowest BCUT2D eigenvalue weighted by Gasteiger charge is -2.45. The van der Waals surface area contributed by atoms with E-state index >= 15 is 0 Å². The lowest BCUT2D eigenvalue weighted by Crippen LogP contribution is -2.49. The van der Waals surface area contributed by atoms with Crippen LogP contribution in [-0.4, -0.2) is 42.9 Å². The molecule has 4 rings (SSSR count). The van der Waals surface area contributed by atoms with Gasteiger partial charge in [-0.25, -0.2) is 0 Å². The van der Waals surface area contributed by atoms with Gasteiger partial charge in [0.1, 0.15) is 0 Å². The zero-order valence-electron chi connectivity index (χ0n) is 12.5. The Bertz CT molecular complexity index is 612. The highest BCUT2D eigenvalue weighted by molar-refractivity contribution is 5.55. The topological polar surface area (TPSA) is 41.9 Å². The predicted molar refractivity (Wildman–Crippen MR) is 79.8 cm³/mol. The molecule has 2 unspecified atom stereocenters. The van der Waals surface area contributed by atoms with E-state index in [1.807, 2.05) is 6.08 Å². The van der Waals surface area contributed by atoms with Crippen LogP contribution in [0.2, 0.25) is 0 Å². The molecule has 0 amide bonds. The van der Waals surface area contributed by atoms with Gasteiger partial charge in [0.05, 0.1) is 20.3 Å². The summed E-state index contributed by atoms with van der Waals surface area (Å²) in [6.07, 6.45) is 5.82. The lowest BCUT2D eigenvalue weighted by molar-refractivity contribution is 0.110. The third kappa shape index (κ3) is 1.69. The lowest BCUT2D eigenvalue weighted by atomic mass is 9.66. The minimum Gasteiger partial charge on any atom is -0.493 e. The quantitative estimate of drug-likeness (QED) is 0.843. The van der Waals surface area contributed by atoms with Crippen molar-refractivity contribution < 1.29 is 14.6 Å². The van der Waals surface area contributed by atoms with Crippen LogP contribution in [-0.2, 0) is 12.0 Å². The molecule has 2 heterocycles. The number of fused-ring (bicyclic) bond motifs is 1. The molecule has 1 saturated heterocycles. The molecule has 3 aliphatic rings. The molecule has 0 aromatic heterocycles. The van der Waals surface area contributed by atoms with E-state index in [2.05, 4.69) is 23.1 Å². The van der Waals surface area contributed by atoms with Crippen LogP contribution < -0.4 is 9.47 Å². The normalized spacial score (nSPS) is 36.0. The molecule has 1 fully saturated rings. The highest BCUT2D eigenvalue weighted by atomic mass is 16.5. The summed E-state index contributed by atoms with van der Waals surface area (Å²) in [5.74, 6) is 1.59. The summed E-state index contributed by atoms with van der Waals surface area (Å²) in [6.45, 7) is 2.02. The van der Waals surface area contributed by atoms with Crippen LogP contribution in [0.15, 0.2) is 24.3 Å². The minimum atomic E-state index is -0.314. The maximum Gasteiger partial charge on any atom is 0.161 e. The molecule has 4 atom stereocenters. The van der Waals surface area contributed by atoms with Gasteiger partial charge >= 0.3 is 0 Å². The van der Waals surface area contributed by atoms with Crippen LogP contribution in [0.3, 0.4) is 0 Å². The second-order valence-corrected chi connectivity index (χ2v) is 6.30. The first kappa shape index (κ1) is 13.2. The smallest absolute Gasteiger partial charge is 0.161 e. The van der Waals surface area contributed by atoms with Gasteiger partial charge in [0.25, 0.3) is 0 Å². The standard InChI is InChI=1S/C17H21NO3/c1-20-14-7-11-10-18-6-5-17(13(11)9-15(14)21-2)4-3-12(19)8-16(17)18/h3-4,7,9,12,16,19H,5-6,8,10H2,1-2H3/t12-,16?,17+/m1/s1. The third-order valence-corrected chi connectivity index (χ3v) is 5.41. The van der Waals surface area contributed by atoms with E-state index in [-0.39, 0.29) is 11.5 Å². The monoisotopic (exact) mass is 287 g/mol. The van der Waals surface area contributed by atoms with Crippen molar-refractivity contribution in [1.82, 2.24) is 4.90 Å². The van der Waals surface area contributed by atoms with Crippen molar-refractivity contribution in [3.63, 3.8) is 0 Å². The van der Waals surface area contributed by atoms with Gasteiger partial charge in [0.2, 0.25) is 0 Å². The van der Waals surface area contributed by atoms with Gasteiger partial charge in [-0.15, -0.1) is 0 Å². The zero-order valence-corrected chi connectivity index (χ0v) is 12.5. The molecular formula is C17H21NO3. The van der Waals surface area contributed by atoms with E-state index in [0.717, 1.165) is 37.4 Å². The van der Waals surface area contributed by atoms with Crippen molar-refractivity contribution in [2.24, 2.45) is 0 Å². The molecule has 4 nitrogen and oxygen atoms in total. The van der Waals surface area contributed by atoms with Crippen molar-refractivity contribution in [1.29, 1.82) is 0 Å². The molecule has 1 N–H and O–H groups in total. The van der Waals surface area contributed by atoms with Gasteiger partial charge in [-0.1, -0.05) is 12.2 Å². The summed E-state index contributed by atoms with van der Waals surface area (Å²) >= 11 is 0. The molecule has 2 aliphatic heterocycles. The molecule has 0 radical (unpaired) electrons. The molecule has 2 bridgehead atoms. The first-order valence-electron chi connectivity index (χ1n) is 7.55. The van der Waals surface area contributed by atoms with Gasteiger partial charge in [0, 0.05) is 24.5 Å². The minimum absolute atomic E-state index is 0.0341. The molecule has 0 spiro atoms. The van der Waals surface area contributed by atoms with Crippen molar-refractivity contribution in [3.05, 3.63) is 35.4 Å². The second kappa shape index (κ2) is 4.49. The van der Waals surface area contributed by atoms with Crippen LogP contribution in [0.1, 0.15) is 24.0 Å². The van der Waals surface area contributed by atoms with Gasteiger partial charge in [-0.05, 0) is 36.1 Å². The molecule has 0 saturated carbocycles. The Labute approximate surface area is 125 Å². The number of methoxy groups -OCH3 is 2. The fraction of sp³-hybridized carbons (Fsp3) is 0.529. The van der Waals surface area contributed by atoms with Crippen molar-refractivity contribution in [2.45, 2.75) is 36.9 Å². The van der Waals surface area contributed by atoms with Gasteiger partial charge in [-0.2, -0.15) is 0 Å². The third-order valence-electron chi connectivity index (χ3n) is 5.41. The Kier molecular flexibility index (Phi) is 2.81. The highest BCUT2D eigenvalue weighted by Crippen LogP contribution is 2.52. The van der Waals surface area contributed by atoms with E-state index < -0.39 is 0 Å². The predicted octanol–water partition coefficient (Wildman–Crippen LogP) is 1.85. The molecular weight excluding hydrogens is 266 g/mol. The van der Waals surface area contributed by atoms with E-state index in [9.17, 15) is 5.11 Å². The average molecular weight is 287 g/mol. The second-order valence-electron chi connectivity index (χ2n) is 6.30.